The van der Waals surface area contributed by atoms with Crippen molar-refractivity contribution in [1.29, 1.82) is 0 Å². The van der Waals surface area contributed by atoms with E-state index in [0.29, 0.717) is 18.1 Å². The van der Waals surface area contributed by atoms with Crippen molar-refractivity contribution in [3.05, 3.63) is 42.1 Å². The molecule has 88 valence electrons. The van der Waals surface area contributed by atoms with Gasteiger partial charge >= 0.3 is 0 Å². The molecular weight excluding hydrogens is 218 g/mol. The van der Waals surface area contributed by atoms with Crippen LogP contribution in [0.2, 0.25) is 0 Å². The molecule has 2 aromatic heterocycles. The summed E-state index contributed by atoms with van der Waals surface area (Å²) in [4.78, 5) is 24.5. The van der Waals surface area contributed by atoms with E-state index in [1.807, 2.05) is 0 Å². The molecule has 0 aliphatic rings. The van der Waals surface area contributed by atoms with Crippen LogP contribution in [-0.4, -0.2) is 32.8 Å². The second-order valence-electron chi connectivity index (χ2n) is 3.64. The lowest BCUT2D eigenvalue weighted by molar-refractivity contribution is 0.0776. The van der Waals surface area contributed by atoms with Crippen LogP contribution in [-0.2, 0) is 6.54 Å². The number of aromatic nitrogens is 3. The van der Waals surface area contributed by atoms with Crippen LogP contribution in [0.3, 0.4) is 0 Å². The third kappa shape index (κ3) is 2.60. The van der Waals surface area contributed by atoms with E-state index < -0.39 is 0 Å². The third-order valence-corrected chi connectivity index (χ3v) is 2.28. The van der Waals surface area contributed by atoms with Gasteiger partial charge < -0.3 is 15.6 Å². The van der Waals surface area contributed by atoms with Gasteiger partial charge in [0.1, 0.15) is 17.3 Å². The highest BCUT2D eigenvalue weighted by Gasteiger charge is 2.14. The summed E-state index contributed by atoms with van der Waals surface area (Å²) < 4.78 is 0. The molecular formula is C11H13N5O. The Labute approximate surface area is 98.5 Å². The number of imidazole rings is 1. The average Bonchev–Trinajstić information content (AvgIpc) is 2.80. The molecule has 0 spiro atoms. The number of rotatable bonds is 3. The highest BCUT2D eigenvalue weighted by atomic mass is 16.2. The van der Waals surface area contributed by atoms with Crippen LogP contribution in [0.25, 0.3) is 0 Å². The van der Waals surface area contributed by atoms with Gasteiger partial charge in [-0.3, -0.25) is 4.79 Å². The lowest BCUT2D eigenvalue weighted by atomic mass is 10.3. The molecule has 0 fully saturated rings. The van der Waals surface area contributed by atoms with Gasteiger partial charge in [-0.05, 0) is 12.1 Å². The minimum absolute atomic E-state index is 0.186. The quantitative estimate of drug-likeness (QED) is 0.812. The van der Waals surface area contributed by atoms with Crippen molar-refractivity contribution in [2.75, 3.05) is 12.8 Å². The Kier molecular flexibility index (Phi) is 3.04. The second kappa shape index (κ2) is 4.65. The number of nitrogens with two attached hydrogens (primary N) is 1. The van der Waals surface area contributed by atoms with E-state index in [2.05, 4.69) is 15.0 Å². The molecule has 0 aliphatic heterocycles. The average molecular weight is 231 g/mol. The molecule has 0 radical (unpaired) electrons. The lowest BCUT2D eigenvalue weighted by Crippen LogP contribution is -2.27. The maximum atomic E-state index is 12.0. The number of H-pyrrole nitrogens is 1. The molecule has 3 N–H and O–H groups in total. The van der Waals surface area contributed by atoms with Gasteiger partial charge in [-0.2, -0.15) is 0 Å². The standard InChI is InChI=1S/C11H13N5O/c1-16(7-10-13-5-6-14-10)11(17)8-3-2-4-9(12)15-8/h2-6H,7H2,1H3,(H2,12,15)(H,13,14). The zero-order valence-corrected chi connectivity index (χ0v) is 9.42. The van der Waals surface area contributed by atoms with Crippen LogP contribution < -0.4 is 5.73 Å². The molecule has 2 rings (SSSR count). The molecule has 2 aromatic rings. The maximum absolute atomic E-state index is 12.0. The van der Waals surface area contributed by atoms with E-state index >= 15 is 0 Å². The summed E-state index contributed by atoms with van der Waals surface area (Å²) in [6.45, 7) is 0.405. The molecule has 17 heavy (non-hydrogen) atoms. The van der Waals surface area contributed by atoms with Crippen molar-refractivity contribution < 1.29 is 4.79 Å². The van der Waals surface area contributed by atoms with Gasteiger partial charge in [-0.1, -0.05) is 6.07 Å². The fourth-order valence-corrected chi connectivity index (χ4v) is 1.45. The molecule has 0 aliphatic carbocycles. The van der Waals surface area contributed by atoms with Crippen LogP contribution >= 0.6 is 0 Å². The van der Waals surface area contributed by atoms with Gasteiger partial charge in [0.05, 0.1) is 6.54 Å². The zero-order valence-electron chi connectivity index (χ0n) is 9.42. The summed E-state index contributed by atoms with van der Waals surface area (Å²) in [5.41, 5.74) is 5.86. The molecule has 1 amide bonds. The molecule has 0 aromatic carbocycles. The number of amides is 1. The fraction of sp³-hybridized carbons (Fsp3) is 0.182. The van der Waals surface area contributed by atoms with Gasteiger partial charge in [0.25, 0.3) is 5.91 Å². The van der Waals surface area contributed by atoms with Gasteiger partial charge in [-0.15, -0.1) is 0 Å². The van der Waals surface area contributed by atoms with Gasteiger partial charge in [0.2, 0.25) is 0 Å². The molecule has 0 atom stereocenters. The van der Waals surface area contributed by atoms with E-state index in [-0.39, 0.29) is 5.91 Å². The number of carbonyl (C=O) groups excluding carboxylic acids is 1. The number of hydrogen-bond acceptors (Lipinski definition) is 4. The number of nitrogen functional groups attached to an aromatic ring is 1. The first-order valence-corrected chi connectivity index (χ1v) is 5.13. The number of nitrogens with one attached hydrogen (secondary N) is 1. The Hall–Kier alpha value is -2.37. The number of carbonyl (C=O) groups is 1. The van der Waals surface area contributed by atoms with Crippen LogP contribution in [0.1, 0.15) is 16.3 Å². The number of nitrogens with zero attached hydrogens (tertiary/aromatic N) is 3. The summed E-state index contributed by atoms with van der Waals surface area (Å²) in [6.07, 6.45) is 3.36. The first kappa shape index (κ1) is 11.1. The Morgan fingerprint density at radius 2 is 2.35 bits per heavy atom. The summed E-state index contributed by atoms with van der Waals surface area (Å²) in [5.74, 6) is 0.876. The Bertz CT molecular complexity index is 508. The summed E-state index contributed by atoms with van der Waals surface area (Å²) in [7, 11) is 1.69. The molecule has 0 saturated heterocycles. The number of anilines is 1. The van der Waals surface area contributed by atoms with E-state index in [4.69, 9.17) is 5.73 Å². The van der Waals surface area contributed by atoms with E-state index in [9.17, 15) is 4.79 Å². The molecule has 0 saturated carbocycles. The van der Waals surface area contributed by atoms with E-state index in [0.717, 1.165) is 5.82 Å². The van der Waals surface area contributed by atoms with Crippen molar-refractivity contribution in [3.63, 3.8) is 0 Å². The number of pyridine rings is 1. The van der Waals surface area contributed by atoms with Gasteiger partial charge in [0.15, 0.2) is 0 Å². The van der Waals surface area contributed by atoms with E-state index in [1.165, 1.54) is 4.90 Å². The topological polar surface area (TPSA) is 87.9 Å². The zero-order chi connectivity index (χ0) is 12.3. The van der Waals surface area contributed by atoms with Crippen molar-refractivity contribution >= 4 is 11.7 Å². The summed E-state index contributed by atoms with van der Waals surface area (Å²) >= 11 is 0. The smallest absolute Gasteiger partial charge is 0.272 e. The normalized spacial score (nSPS) is 10.2. The Morgan fingerprint density at radius 1 is 1.53 bits per heavy atom. The lowest BCUT2D eigenvalue weighted by Gasteiger charge is -2.15. The predicted molar refractivity (Wildman–Crippen MR) is 63.0 cm³/mol. The summed E-state index contributed by atoms with van der Waals surface area (Å²) in [5, 5.41) is 0. The molecule has 6 heteroatoms. The van der Waals surface area contributed by atoms with Crippen molar-refractivity contribution in [1.82, 2.24) is 19.9 Å². The monoisotopic (exact) mass is 231 g/mol. The van der Waals surface area contributed by atoms with Crippen molar-refractivity contribution in [2.24, 2.45) is 0 Å². The molecule has 0 unspecified atom stereocenters. The van der Waals surface area contributed by atoms with Crippen LogP contribution in [0, 0.1) is 0 Å². The van der Waals surface area contributed by atoms with Gasteiger partial charge in [-0.25, -0.2) is 9.97 Å². The first-order chi connectivity index (χ1) is 8.16. The first-order valence-electron chi connectivity index (χ1n) is 5.13. The van der Waals surface area contributed by atoms with Crippen molar-refractivity contribution in [3.8, 4) is 0 Å². The third-order valence-electron chi connectivity index (χ3n) is 2.28. The van der Waals surface area contributed by atoms with Crippen LogP contribution in [0.4, 0.5) is 5.82 Å². The van der Waals surface area contributed by atoms with Crippen LogP contribution in [0.5, 0.6) is 0 Å². The van der Waals surface area contributed by atoms with Gasteiger partial charge in [0, 0.05) is 19.4 Å². The largest absolute Gasteiger partial charge is 0.384 e. The molecule has 6 nitrogen and oxygen atoms in total. The highest BCUT2D eigenvalue weighted by Crippen LogP contribution is 2.05. The number of aromatic amines is 1. The SMILES string of the molecule is CN(Cc1ncc[nH]1)C(=O)c1cccc(N)n1. The maximum Gasteiger partial charge on any atom is 0.272 e. The predicted octanol–water partition coefficient (Wildman–Crippen LogP) is 0.659. The minimum Gasteiger partial charge on any atom is -0.384 e. The Balaban J connectivity index is 2.09. The fourth-order valence-electron chi connectivity index (χ4n) is 1.45. The molecule has 0 bridgehead atoms. The van der Waals surface area contributed by atoms with Crippen molar-refractivity contribution in [2.45, 2.75) is 6.54 Å². The van der Waals surface area contributed by atoms with Crippen LogP contribution in [0.15, 0.2) is 30.6 Å². The summed E-state index contributed by atoms with van der Waals surface area (Å²) in [6, 6.07) is 4.98. The minimum atomic E-state index is -0.186. The highest BCUT2D eigenvalue weighted by molar-refractivity contribution is 5.92. The second-order valence-corrected chi connectivity index (χ2v) is 3.64. The number of hydrogen-bond donors (Lipinski definition) is 2. The van der Waals surface area contributed by atoms with E-state index in [1.54, 1.807) is 37.6 Å². The Morgan fingerprint density at radius 3 is 3.00 bits per heavy atom. The molecule has 2 heterocycles.